The lowest BCUT2D eigenvalue weighted by Crippen LogP contribution is -1.93. The maximum absolute atomic E-state index is 5.08. The van der Waals surface area contributed by atoms with E-state index in [-0.39, 0.29) is 0 Å². The summed E-state index contributed by atoms with van der Waals surface area (Å²) in [7, 11) is 0. The van der Waals surface area contributed by atoms with E-state index in [1.54, 1.807) is 0 Å². The predicted octanol–water partition coefficient (Wildman–Crippen LogP) is 9.45. The standard InChI is InChI=1S/C36H24N2/c1-3-11-25(12-4-1)28-21-29(26-13-5-2-6-14-26)23-30(22-28)27-19-20-37-35(24-27)36-33-17-8-7-15-31(33)32-16-9-10-18-34(32)38-36/h1-24H. The first-order valence-corrected chi connectivity index (χ1v) is 12.8. The van der Waals surface area contributed by atoms with Crippen LogP contribution in [0.15, 0.2) is 146 Å². The first-order chi connectivity index (χ1) is 18.8. The lowest BCUT2D eigenvalue weighted by atomic mass is 9.93. The van der Waals surface area contributed by atoms with Crippen LogP contribution in [0.1, 0.15) is 0 Å². The molecule has 0 spiro atoms. The van der Waals surface area contributed by atoms with Crippen molar-refractivity contribution in [2.45, 2.75) is 0 Å². The fourth-order valence-corrected chi connectivity index (χ4v) is 5.23. The molecule has 0 aliphatic rings. The highest BCUT2D eigenvalue weighted by Gasteiger charge is 2.13. The molecule has 0 saturated carbocycles. The van der Waals surface area contributed by atoms with Gasteiger partial charge in [-0.25, -0.2) is 4.98 Å². The molecule has 0 atom stereocenters. The van der Waals surface area contributed by atoms with Crippen LogP contribution < -0.4 is 0 Å². The maximum atomic E-state index is 5.08. The zero-order valence-electron chi connectivity index (χ0n) is 20.8. The molecular formula is C36H24N2. The van der Waals surface area contributed by atoms with Crippen molar-refractivity contribution in [2.75, 3.05) is 0 Å². The number of hydrogen-bond donors (Lipinski definition) is 0. The van der Waals surface area contributed by atoms with Gasteiger partial charge >= 0.3 is 0 Å². The number of benzene rings is 5. The summed E-state index contributed by atoms with van der Waals surface area (Å²) in [5, 5.41) is 3.46. The normalized spacial score (nSPS) is 11.2. The molecular weight excluding hydrogens is 460 g/mol. The highest BCUT2D eigenvalue weighted by Crippen LogP contribution is 2.36. The SMILES string of the molecule is c1ccc(-c2cc(-c3ccccc3)cc(-c3ccnc(-c4nc5ccccc5c5ccccc45)c3)c2)cc1. The van der Waals surface area contributed by atoms with Gasteiger partial charge in [-0.15, -0.1) is 0 Å². The lowest BCUT2D eigenvalue weighted by Gasteiger charge is -2.13. The van der Waals surface area contributed by atoms with Crippen molar-refractivity contribution in [3.63, 3.8) is 0 Å². The molecule has 0 aliphatic carbocycles. The summed E-state index contributed by atoms with van der Waals surface area (Å²) in [5.74, 6) is 0. The molecule has 5 aromatic carbocycles. The zero-order chi connectivity index (χ0) is 25.3. The molecule has 0 fully saturated rings. The lowest BCUT2D eigenvalue weighted by molar-refractivity contribution is 1.29. The van der Waals surface area contributed by atoms with Crippen LogP contribution in [0.5, 0.6) is 0 Å². The van der Waals surface area contributed by atoms with E-state index in [9.17, 15) is 0 Å². The molecule has 7 aromatic rings. The van der Waals surface area contributed by atoms with Gasteiger partial charge in [-0.3, -0.25) is 4.98 Å². The molecule has 0 unspecified atom stereocenters. The van der Waals surface area contributed by atoms with Crippen LogP contribution in [-0.2, 0) is 0 Å². The van der Waals surface area contributed by atoms with Crippen molar-refractivity contribution < 1.29 is 0 Å². The van der Waals surface area contributed by atoms with E-state index in [4.69, 9.17) is 9.97 Å². The Hall–Kier alpha value is -5.08. The number of pyridine rings is 2. The number of hydrogen-bond acceptors (Lipinski definition) is 2. The molecule has 0 bridgehead atoms. The van der Waals surface area contributed by atoms with Gasteiger partial charge in [0.1, 0.15) is 0 Å². The molecule has 38 heavy (non-hydrogen) atoms. The third-order valence-electron chi connectivity index (χ3n) is 7.09. The summed E-state index contributed by atoms with van der Waals surface area (Å²) in [6, 6.07) is 49.0. The Morgan fingerprint density at radius 2 is 0.895 bits per heavy atom. The predicted molar refractivity (Wildman–Crippen MR) is 159 cm³/mol. The zero-order valence-corrected chi connectivity index (χ0v) is 20.8. The largest absolute Gasteiger partial charge is 0.255 e. The van der Waals surface area contributed by atoms with Gasteiger partial charge in [0.2, 0.25) is 0 Å². The minimum Gasteiger partial charge on any atom is -0.255 e. The molecule has 0 amide bonds. The minimum atomic E-state index is 0.871. The first-order valence-electron chi connectivity index (χ1n) is 12.8. The minimum absolute atomic E-state index is 0.871. The number of fused-ring (bicyclic) bond motifs is 3. The number of aromatic nitrogens is 2. The third-order valence-corrected chi connectivity index (χ3v) is 7.09. The van der Waals surface area contributed by atoms with E-state index in [1.165, 1.54) is 27.6 Å². The molecule has 0 aliphatic heterocycles. The third kappa shape index (κ3) is 4.03. The molecule has 2 aromatic heterocycles. The second kappa shape index (κ2) is 9.42. The Balaban J connectivity index is 1.42. The van der Waals surface area contributed by atoms with E-state index in [0.29, 0.717) is 0 Å². The fourth-order valence-electron chi connectivity index (χ4n) is 5.23. The van der Waals surface area contributed by atoms with Gasteiger partial charge in [0.05, 0.1) is 16.9 Å². The Bertz CT molecular complexity index is 1850. The van der Waals surface area contributed by atoms with E-state index in [2.05, 4.69) is 133 Å². The summed E-state index contributed by atoms with van der Waals surface area (Å²) < 4.78 is 0. The van der Waals surface area contributed by atoms with Crippen molar-refractivity contribution in [3.05, 3.63) is 146 Å². The van der Waals surface area contributed by atoms with Crippen LogP contribution in [0.3, 0.4) is 0 Å². The molecule has 2 heteroatoms. The second-order valence-corrected chi connectivity index (χ2v) is 9.48. The molecule has 0 radical (unpaired) electrons. The van der Waals surface area contributed by atoms with Gasteiger partial charge in [-0.05, 0) is 75.2 Å². The van der Waals surface area contributed by atoms with E-state index < -0.39 is 0 Å². The number of para-hydroxylation sites is 1. The van der Waals surface area contributed by atoms with Crippen LogP contribution >= 0.6 is 0 Å². The molecule has 7 rings (SSSR count). The quantitative estimate of drug-likeness (QED) is 0.233. The van der Waals surface area contributed by atoms with Crippen molar-refractivity contribution in [3.8, 4) is 44.8 Å². The highest BCUT2D eigenvalue weighted by atomic mass is 14.8. The highest BCUT2D eigenvalue weighted by molar-refractivity contribution is 6.10. The Morgan fingerprint density at radius 3 is 1.55 bits per heavy atom. The average molecular weight is 485 g/mol. The topological polar surface area (TPSA) is 25.8 Å². The van der Waals surface area contributed by atoms with Gasteiger partial charge in [-0.1, -0.05) is 103 Å². The maximum Gasteiger partial charge on any atom is 0.0972 e. The second-order valence-electron chi connectivity index (χ2n) is 9.48. The van der Waals surface area contributed by atoms with E-state index in [0.717, 1.165) is 38.8 Å². The average Bonchev–Trinajstić information content (AvgIpc) is 3.01. The number of rotatable bonds is 4. The summed E-state index contributed by atoms with van der Waals surface area (Å²) in [5.41, 5.74) is 9.79. The van der Waals surface area contributed by atoms with Gasteiger partial charge in [0.15, 0.2) is 0 Å². The fraction of sp³-hybridized carbons (Fsp3) is 0. The summed E-state index contributed by atoms with van der Waals surface area (Å²) in [6.07, 6.45) is 1.90. The van der Waals surface area contributed by atoms with Gasteiger partial charge < -0.3 is 0 Å². The Morgan fingerprint density at radius 1 is 0.368 bits per heavy atom. The van der Waals surface area contributed by atoms with Gasteiger partial charge in [-0.2, -0.15) is 0 Å². The van der Waals surface area contributed by atoms with Crippen LogP contribution in [0.4, 0.5) is 0 Å². The molecule has 178 valence electrons. The summed E-state index contributed by atoms with van der Waals surface area (Å²) in [4.78, 5) is 9.87. The van der Waals surface area contributed by atoms with E-state index >= 15 is 0 Å². The van der Waals surface area contributed by atoms with Crippen LogP contribution in [0, 0.1) is 0 Å². The Labute approximate surface area is 221 Å². The van der Waals surface area contributed by atoms with E-state index in [1.807, 2.05) is 12.3 Å². The monoisotopic (exact) mass is 484 g/mol. The van der Waals surface area contributed by atoms with Crippen LogP contribution in [0.25, 0.3) is 66.4 Å². The van der Waals surface area contributed by atoms with Crippen molar-refractivity contribution in [1.29, 1.82) is 0 Å². The summed E-state index contributed by atoms with van der Waals surface area (Å²) >= 11 is 0. The first kappa shape index (κ1) is 22.1. The molecule has 0 N–H and O–H groups in total. The van der Waals surface area contributed by atoms with Gasteiger partial charge in [0.25, 0.3) is 0 Å². The Kier molecular flexibility index (Phi) is 5.49. The molecule has 2 nitrogen and oxygen atoms in total. The van der Waals surface area contributed by atoms with Gasteiger partial charge in [0, 0.05) is 17.0 Å². The number of nitrogens with zero attached hydrogens (tertiary/aromatic N) is 2. The van der Waals surface area contributed by atoms with Crippen LogP contribution in [0.2, 0.25) is 0 Å². The van der Waals surface area contributed by atoms with Crippen molar-refractivity contribution >= 4 is 21.7 Å². The van der Waals surface area contributed by atoms with Crippen molar-refractivity contribution in [2.24, 2.45) is 0 Å². The van der Waals surface area contributed by atoms with Crippen molar-refractivity contribution in [1.82, 2.24) is 9.97 Å². The van der Waals surface area contributed by atoms with Crippen LogP contribution in [-0.4, -0.2) is 9.97 Å². The molecule has 0 saturated heterocycles. The molecule has 2 heterocycles. The smallest absolute Gasteiger partial charge is 0.0972 e. The summed E-state index contributed by atoms with van der Waals surface area (Å²) in [6.45, 7) is 0.